The number of benzene rings is 1. The van der Waals surface area contributed by atoms with Gasteiger partial charge in [0.2, 0.25) is 5.91 Å². The maximum absolute atomic E-state index is 12.9. The Hall–Kier alpha value is -1.92. The van der Waals surface area contributed by atoms with Crippen molar-refractivity contribution in [1.29, 1.82) is 0 Å². The molecule has 1 N–H and O–H groups in total. The molecule has 4 rings (SSSR count). The lowest BCUT2D eigenvalue weighted by atomic mass is 9.92. The van der Waals surface area contributed by atoms with Crippen LogP contribution in [-0.2, 0) is 10.2 Å². The number of nitrogens with zero attached hydrogens (tertiary/aromatic N) is 4. The number of carbonyl (C=O) groups is 1. The fraction of sp³-hybridized carbons (Fsp3) is 0.471. The van der Waals surface area contributed by atoms with Crippen LogP contribution >= 0.6 is 11.6 Å². The third kappa shape index (κ3) is 2.50. The van der Waals surface area contributed by atoms with Crippen molar-refractivity contribution in [2.45, 2.75) is 37.3 Å². The van der Waals surface area contributed by atoms with Gasteiger partial charge in [-0.1, -0.05) is 28.9 Å². The molecule has 6 nitrogen and oxygen atoms in total. The molecule has 1 amide bonds. The summed E-state index contributed by atoms with van der Waals surface area (Å²) in [5.74, 6) is 0.192. The van der Waals surface area contributed by atoms with Crippen molar-refractivity contribution in [2.75, 3.05) is 13.1 Å². The molecule has 1 saturated heterocycles. The molecule has 0 spiro atoms. The zero-order chi connectivity index (χ0) is 16.9. The van der Waals surface area contributed by atoms with Crippen molar-refractivity contribution in [3.05, 3.63) is 46.7 Å². The second-order valence-electron chi connectivity index (χ2n) is 6.75. The van der Waals surface area contributed by atoms with E-state index in [1.807, 2.05) is 29.2 Å². The van der Waals surface area contributed by atoms with Crippen molar-refractivity contribution in [3.63, 3.8) is 0 Å². The average molecular weight is 347 g/mol. The lowest BCUT2D eigenvalue weighted by Gasteiger charge is -2.41. The van der Waals surface area contributed by atoms with E-state index in [0.717, 1.165) is 18.4 Å². The topological polar surface area (TPSA) is 71.2 Å². The molecule has 2 fully saturated rings. The Labute approximate surface area is 145 Å². The van der Waals surface area contributed by atoms with Crippen molar-refractivity contribution in [3.8, 4) is 0 Å². The third-order valence-electron chi connectivity index (χ3n) is 5.04. The van der Waals surface area contributed by atoms with Crippen LogP contribution in [0.2, 0.25) is 5.02 Å². The number of hydrogen-bond donors (Lipinski definition) is 1. The Morgan fingerprint density at radius 2 is 2.00 bits per heavy atom. The fourth-order valence-corrected chi connectivity index (χ4v) is 3.40. The van der Waals surface area contributed by atoms with Crippen LogP contribution in [0, 0.1) is 0 Å². The van der Waals surface area contributed by atoms with Crippen LogP contribution in [0.25, 0.3) is 0 Å². The van der Waals surface area contributed by atoms with Gasteiger partial charge in [0.1, 0.15) is 5.69 Å². The molecule has 2 aromatic rings. The second-order valence-corrected chi connectivity index (χ2v) is 7.19. The van der Waals surface area contributed by atoms with Gasteiger partial charge < -0.3 is 10.0 Å². The molecule has 2 heterocycles. The minimum Gasteiger partial charge on any atom is -0.387 e. The smallest absolute Gasteiger partial charge is 0.233 e. The molecule has 0 bridgehead atoms. The molecule has 1 aromatic carbocycles. The first-order valence-electron chi connectivity index (χ1n) is 8.15. The molecule has 126 valence electrons. The number of likely N-dealkylation sites (tertiary alicyclic amines) is 1. The summed E-state index contributed by atoms with van der Waals surface area (Å²) in [6, 6.07) is 7.73. The quantitative estimate of drug-likeness (QED) is 0.920. The van der Waals surface area contributed by atoms with Crippen LogP contribution in [0.15, 0.2) is 30.5 Å². The molecule has 1 aliphatic carbocycles. The van der Waals surface area contributed by atoms with Gasteiger partial charge in [-0.3, -0.25) is 4.79 Å². The Balaban J connectivity index is 1.43. The monoisotopic (exact) mass is 346 g/mol. The summed E-state index contributed by atoms with van der Waals surface area (Å²) in [5, 5.41) is 18.2. The first-order chi connectivity index (χ1) is 11.5. The Morgan fingerprint density at radius 1 is 1.33 bits per heavy atom. The largest absolute Gasteiger partial charge is 0.387 e. The van der Waals surface area contributed by atoms with E-state index in [1.54, 1.807) is 17.8 Å². The van der Waals surface area contributed by atoms with E-state index < -0.39 is 6.10 Å². The van der Waals surface area contributed by atoms with E-state index in [9.17, 15) is 9.90 Å². The van der Waals surface area contributed by atoms with Crippen molar-refractivity contribution in [2.24, 2.45) is 0 Å². The number of aromatic nitrogens is 3. The molecule has 1 atom stereocenters. The van der Waals surface area contributed by atoms with Gasteiger partial charge in [-0.25, -0.2) is 4.68 Å². The van der Waals surface area contributed by atoms with Crippen LogP contribution in [0.1, 0.15) is 43.2 Å². The number of aliphatic hydroxyl groups is 1. The lowest BCUT2D eigenvalue weighted by molar-refractivity contribution is -0.140. The van der Waals surface area contributed by atoms with Gasteiger partial charge >= 0.3 is 0 Å². The molecule has 1 aromatic heterocycles. The Bertz CT molecular complexity index is 761. The van der Waals surface area contributed by atoms with Gasteiger partial charge in [-0.05, 0) is 37.5 Å². The predicted molar refractivity (Wildman–Crippen MR) is 88.6 cm³/mol. The average Bonchev–Trinajstić information content (AvgIpc) is 3.18. The summed E-state index contributed by atoms with van der Waals surface area (Å²) >= 11 is 5.95. The normalized spacial score (nSPS) is 20.5. The lowest BCUT2D eigenvalue weighted by Crippen LogP contribution is -2.54. The highest BCUT2D eigenvalue weighted by atomic mass is 35.5. The van der Waals surface area contributed by atoms with Gasteiger partial charge in [0.15, 0.2) is 0 Å². The summed E-state index contributed by atoms with van der Waals surface area (Å²) in [6.07, 6.45) is 2.91. The number of amides is 1. The molecule has 0 radical (unpaired) electrons. The Morgan fingerprint density at radius 3 is 2.54 bits per heavy atom. The van der Waals surface area contributed by atoms with Gasteiger partial charge in [0.25, 0.3) is 0 Å². The van der Waals surface area contributed by atoms with Crippen molar-refractivity contribution >= 4 is 17.5 Å². The van der Waals surface area contributed by atoms with Crippen LogP contribution in [0.3, 0.4) is 0 Å². The standard InChI is InChI=1S/C17H19ClN4O2/c1-11(23)15-10-22(20-19-15)14-8-21(9-14)16(24)17(6-7-17)12-2-4-13(18)5-3-12/h2-5,10-11,14,23H,6-9H2,1H3. The number of hydrogen-bond acceptors (Lipinski definition) is 4. The van der Waals surface area contributed by atoms with E-state index in [4.69, 9.17) is 11.6 Å². The predicted octanol–water partition coefficient (Wildman–Crippen LogP) is 2.10. The zero-order valence-corrected chi connectivity index (χ0v) is 14.1. The molecule has 1 unspecified atom stereocenters. The second kappa shape index (κ2) is 5.57. The van der Waals surface area contributed by atoms with Crippen LogP contribution in [0.5, 0.6) is 0 Å². The number of aliphatic hydroxyl groups excluding tert-OH is 1. The van der Waals surface area contributed by atoms with Gasteiger partial charge in [0, 0.05) is 18.1 Å². The molecule has 2 aliphatic rings. The highest BCUT2D eigenvalue weighted by molar-refractivity contribution is 6.30. The van der Waals surface area contributed by atoms with Crippen LogP contribution < -0.4 is 0 Å². The first kappa shape index (κ1) is 15.6. The van der Waals surface area contributed by atoms with E-state index in [2.05, 4.69) is 10.3 Å². The number of rotatable bonds is 4. The van der Waals surface area contributed by atoms with E-state index in [0.29, 0.717) is 23.8 Å². The van der Waals surface area contributed by atoms with E-state index in [-0.39, 0.29) is 17.4 Å². The summed E-state index contributed by atoms with van der Waals surface area (Å²) in [4.78, 5) is 14.8. The Kier molecular flexibility index (Phi) is 3.62. The summed E-state index contributed by atoms with van der Waals surface area (Å²) in [5.41, 5.74) is 1.25. The molecular weight excluding hydrogens is 328 g/mol. The molecule has 7 heteroatoms. The number of carbonyl (C=O) groups excluding carboxylic acids is 1. The third-order valence-corrected chi connectivity index (χ3v) is 5.29. The maximum Gasteiger partial charge on any atom is 0.233 e. The minimum atomic E-state index is -0.629. The summed E-state index contributed by atoms with van der Waals surface area (Å²) in [7, 11) is 0. The summed E-state index contributed by atoms with van der Waals surface area (Å²) < 4.78 is 1.74. The van der Waals surface area contributed by atoms with Gasteiger partial charge in [0.05, 0.1) is 23.8 Å². The number of halogens is 1. The molecular formula is C17H19ClN4O2. The maximum atomic E-state index is 12.9. The van der Waals surface area contributed by atoms with E-state index >= 15 is 0 Å². The molecule has 24 heavy (non-hydrogen) atoms. The van der Waals surface area contributed by atoms with Crippen molar-refractivity contribution in [1.82, 2.24) is 19.9 Å². The minimum absolute atomic E-state index is 0.134. The highest BCUT2D eigenvalue weighted by Gasteiger charge is 2.54. The molecule has 1 saturated carbocycles. The molecule has 1 aliphatic heterocycles. The first-order valence-corrected chi connectivity index (χ1v) is 8.53. The highest BCUT2D eigenvalue weighted by Crippen LogP contribution is 2.50. The van der Waals surface area contributed by atoms with Crippen LogP contribution in [0.4, 0.5) is 0 Å². The van der Waals surface area contributed by atoms with Gasteiger partial charge in [-0.15, -0.1) is 5.10 Å². The fourth-order valence-electron chi connectivity index (χ4n) is 3.27. The van der Waals surface area contributed by atoms with E-state index in [1.165, 1.54) is 0 Å². The van der Waals surface area contributed by atoms with Crippen LogP contribution in [-0.4, -0.2) is 44.0 Å². The SMILES string of the molecule is CC(O)c1cn(C2CN(C(=O)C3(c4ccc(Cl)cc4)CC3)C2)nn1. The van der Waals surface area contributed by atoms with Gasteiger partial charge in [-0.2, -0.15) is 0 Å². The zero-order valence-electron chi connectivity index (χ0n) is 13.4. The summed E-state index contributed by atoms with van der Waals surface area (Å²) in [6.45, 7) is 2.93. The van der Waals surface area contributed by atoms with Crippen molar-refractivity contribution < 1.29 is 9.90 Å².